The predicted octanol–water partition coefficient (Wildman–Crippen LogP) is 4.29. The first-order valence-corrected chi connectivity index (χ1v) is 14.6. The van der Waals surface area contributed by atoms with Crippen molar-refractivity contribution in [2.24, 2.45) is 5.28 Å². The van der Waals surface area contributed by atoms with Crippen molar-refractivity contribution in [2.45, 2.75) is 44.1 Å². The van der Waals surface area contributed by atoms with Crippen LogP contribution < -0.4 is 4.72 Å². The largest absolute Gasteiger partial charge is 0.569 e. The molecule has 1 fully saturated rings. The Bertz CT molecular complexity index is 1650. The van der Waals surface area contributed by atoms with Gasteiger partial charge < -0.3 is 24.3 Å². The lowest BCUT2D eigenvalue weighted by Gasteiger charge is -2.33. The van der Waals surface area contributed by atoms with Gasteiger partial charge in [-0.1, -0.05) is 29.8 Å². The van der Waals surface area contributed by atoms with Crippen LogP contribution in [0.1, 0.15) is 25.1 Å². The minimum atomic E-state index is -4.72. The van der Waals surface area contributed by atoms with Gasteiger partial charge in [0.2, 0.25) is 5.28 Å². The highest BCUT2D eigenvalue weighted by Crippen LogP contribution is 2.33. The Hall–Kier alpha value is -5.07. The molecule has 0 bridgehead atoms. The number of sulfonamides is 1. The van der Waals surface area contributed by atoms with E-state index in [0.717, 1.165) is 33.5 Å². The van der Waals surface area contributed by atoms with Crippen LogP contribution in [0.25, 0.3) is 16.9 Å². The summed E-state index contributed by atoms with van der Waals surface area (Å²) in [5, 5.41) is 19.7. The molecule has 1 aliphatic heterocycles. The van der Waals surface area contributed by atoms with Gasteiger partial charge in [0.25, 0.3) is 16.8 Å². The molecule has 242 valence electrons. The molecular formula is C26H27F3N6O9S. The summed E-state index contributed by atoms with van der Waals surface area (Å²) in [7, 11) is -4.44. The number of aromatic nitrogens is 2. The fourth-order valence-electron chi connectivity index (χ4n) is 3.81. The summed E-state index contributed by atoms with van der Waals surface area (Å²) in [5.41, 5.74) is 0.491. The molecule has 0 saturated carbocycles. The number of ether oxygens (including phenoxy) is 3. The number of aryl methyl sites for hydroxylation is 1. The van der Waals surface area contributed by atoms with Crippen molar-refractivity contribution in [3.05, 3.63) is 71.1 Å². The summed E-state index contributed by atoms with van der Waals surface area (Å²) >= 11 is 0. The second-order valence-corrected chi connectivity index (χ2v) is 11.5. The van der Waals surface area contributed by atoms with E-state index in [4.69, 9.17) is 4.74 Å². The lowest BCUT2D eigenvalue weighted by molar-refractivity contribution is -0.727. The second-order valence-electron chi connectivity index (χ2n) is 9.83. The highest BCUT2D eigenvalue weighted by molar-refractivity contribution is 7.90. The minimum absolute atomic E-state index is 0.0225. The number of carbonyl (C=O) groups is 2. The summed E-state index contributed by atoms with van der Waals surface area (Å²) in [6, 6.07) is 12.3. The van der Waals surface area contributed by atoms with Gasteiger partial charge in [0.15, 0.2) is 5.69 Å². The molecule has 0 spiro atoms. The number of hydrogen-bond donors (Lipinski definition) is 1. The predicted molar refractivity (Wildman–Crippen MR) is 146 cm³/mol. The zero-order valence-electron chi connectivity index (χ0n) is 23.9. The van der Waals surface area contributed by atoms with E-state index in [0.29, 0.717) is 5.56 Å². The molecule has 0 aliphatic carbocycles. The van der Waals surface area contributed by atoms with Crippen LogP contribution in [-0.4, -0.2) is 72.5 Å². The summed E-state index contributed by atoms with van der Waals surface area (Å²) in [5.74, 6) is 0. The molecule has 2 aromatic carbocycles. The number of rotatable bonds is 10. The zero-order chi connectivity index (χ0) is 32.9. The average Bonchev–Trinajstić information content (AvgIpc) is 3.39. The highest BCUT2D eigenvalue weighted by atomic mass is 32.2. The molecule has 1 amide bonds. The lowest BCUT2D eigenvalue weighted by Crippen LogP contribution is -2.56. The van der Waals surface area contributed by atoms with E-state index in [1.807, 2.05) is 6.92 Å². The number of nitrogens with one attached hydrogen (secondary N) is 1. The topological polar surface area (TPSA) is 177 Å². The van der Waals surface area contributed by atoms with Gasteiger partial charge in [-0.2, -0.15) is 18.3 Å². The van der Waals surface area contributed by atoms with E-state index in [-0.39, 0.29) is 34.3 Å². The monoisotopic (exact) mass is 656 g/mol. The average molecular weight is 657 g/mol. The van der Waals surface area contributed by atoms with Crippen molar-refractivity contribution in [2.75, 3.05) is 19.9 Å². The summed E-state index contributed by atoms with van der Waals surface area (Å²) < 4.78 is 82.8. The number of alkyl halides is 3. The molecule has 4 rings (SSSR count). The summed E-state index contributed by atoms with van der Waals surface area (Å²) in [6.07, 6.45) is -8.34. The van der Waals surface area contributed by atoms with Crippen molar-refractivity contribution < 1.29 is 55.2 Å². The van der Waals surface area contributed by atoms with Gasteiger partial charge >= 0.3 is 18.4 Å². The van der Waals surface area contributed by atoms with Crippen LogP contribution in [0.15, 0.2) is 64.8 Å². The van der Waals surface area contributed by atoms with Gasteiger partial charge in [0.05, 0.1) is 27.4 Å². The Morgan fingerprint density at radius 3 is 2.38 bits per heavy atom. The van der Waals surface area contributed by atoms with Crippen LogP contribution in [0.3, 0.4) is 0 Å². The number of halogens is 3. The number of hydrazine groups is 1. The van der Waals surface area contributed by atoms with E-state index >= 15 is 0 Å². The van der Waals surface area contributed by atoms with Crippen molar-refractivity contribution in [1.82, 2.24) is 19.5 Å². The van der Waals surface area contributed by atoms with Crippen molar-refractivity contribution in [3.8, 4) is 16.9 Å². The van der Waals surface area contributed by atoms with E-state index in [9.17, 15) is 36.4 Å². The van der Waals surface area contributed by atoms with Crippen LogP contribution in [0.5, 0.6) is 0 Å². The molecule has 0 atom stereocenters. The molecule has 0 unspecified atom stereocenters. The molecule has 2 heterocycles. The van der Waals surface area contributed by atoms with Crippen molar-refractivity contribution in [1.29, 1.82) is 0 Å². The lowest BCUT2D eigenvalue weighted by atomic mass is 10.1. The van der Waals surface area contributed by atoms with Crippen LogP contribution >= 0.6 is 0 Å². The Morgan fingerprint density at radius 2 is 1.78 bits per heavy atom. The van der Waals surface area contributed by atoms with E-state index in [1.54, 1.807) is 42.8 Å². The Balaban J connectivity index is 1.33. The SMILES string of the molecule is Cc1ccc(-c2cc(C(F)(F)F)nn2-c2ccc(S(=O)(=O)NC(=O)OC3CN(/[N+]([O-])=N\OCOC(=O)OC(C)C)C3)cc2)cc1. The number of amides is 1. The van der Waals surface area contributed by atoms with Gasteiger partial charge in [0, 0.05) is 5.56 Å². The Morgan fingerprint density at radius 1 is 1.13 bits per heavy atom. The molecule has 15 nitrogen and oxygen atoms in total. The van der Waals surface area contributed by atoms with Crippen LogP contribution in [-0.2, 0) is 35.2 Å². The first-order chi connectivity index (χ1) is 21.1. The number of nitrogens with zero attached hydrogens (tertiary/aromatic N) is 5. The number of carbonyl (C=O) groups excluding carboxylic acids is 2. The highest BCUT2D eigenvalue weighted by Gasteiger charge is 2.38. The maximum absolute atomic E-state index is 13.5. The van der Waals surface area contributed by atoms with Gasteiger partial charge in [-0.25, -0.2) is 27.4 Å². The zero-order valence-corrected chi connectivity index (χ0v) is 24.7. The summed E-state index contributed by atoms with van der Waals surface area (Å²) in [6.45, 7) is 4.04. The van der Waals surface area contributed by atoms with Crippen LogP contribution in [0, 0.1) is 12.1 Å². The third-order valence-electron chi connectivity index (χ3n) is 5.99. The van der Waals surface area contributed by atoms with Gasteiger partial charge in [0.1, 0.15) is 19.2 Å². The first kappa shape index (κ1) is 32.8. The molecule has 1 saturated heterocycles. The van der Waals surface area contributed by atoms with Gasteiger partial charge in [-0.3, -0.25) is 0 Å². The van der Waals surface area contributed by atoms with E-state index < -0.39 is 53.1 Å². The summed E-state index contributed by atoms with van der Waals surface area (Å²) in [4.78, 5) is 27.6. The van der Waals surface area contributed by atoms with Gasteiger partial charge in [-0.05, 0) is 51.1 Å². The Labute approximate surface area is 254 Å². The Kier molecular flexibility index (Phi) is 9.69. The third-order valence-corrected chi connectivity index (χ3v) is 7.32. The maximum Gasteiger partial charge on any atom is 0.511 e. The van der Waals surface area contributed by atoms with Crippen molar-refractivity contribution >= 4 is 22.3 Å². The maximum atomic E-state index is 13.5. The minimum Gasteiger partial charge on any atom is -0.569 e. The van der Waals surface area contributed by atoms with Crippen molar-refractivity contribution in [3.63, 3.8) is 0 Å². The van der Waals surface area contributed by atoms with Crippen LogP contribution in [0.4, 0.5) is 22.8 Å². The third kappa shape index (κ3) is 8.52. The molecule has 1 N–H and O–H groups in total. The molecular weight excluding hydrogens is 629 g/mol. The van der Waals surface area contributed by atoms with E-state index in [1.165, 1.54) is 12.1 Å². The normalized spacial score (nSPS) is 14.1. The quantitative estimate of drug-likeness (QED) is 0.0822. The fraction of sp³-hybridized carbons (Fsp3) is 0.346. The standard InChI is InChI=1S/C26H27F3N6O9S/c1-16(2)43-25(37)41-15-42-32-35(38)33-13-20(14-33)44-24(36)31-45(39,40)21-10-8-19(9-11-21)34-22(12-23(30-34)26(27,28)29)18-6-4-17(3)5-7-18/h4-12,16,20H,13-15H2,1-3H3,(H,31,36)/b35-32+. The van der Waals surface area contributed by atoms with E-state index in [2.05, 4.69) is 24.7 Å². The molecule has 3 aromatic rings. The molecule has 0 radical (unpaired) electrons. The molecule has 1 aromatic heterocycles. The molecule has 45 heavy (non-hydrogen) atoms. The van der Waals surface area contributed by atoms with Gasteiger partial charge in [-0.15, -0.1) is 5.01 Å². The number of hydrogen-bond acceptors (Lipinski definition) is 11. The fourth-order valence-corrected chi connectivity index (χ4v) is 4.69. The van der Waals surface area contributed by atoms with Crippen LogP contribution in [0.2, 0.25) is 0 Å². The first-order valence-electron chi connectivity index (χ1n) is 13.1. The number of benzene rings is 2. The molecule has 1 aliphatic rings. The molecule has 19 heteroatoms. The smallest absolute Gasteiger partial charge is 0.511 e. The second kappa shape index (κ2) is 13.3.